The molecule has 2 aromatic carbocycles. The number of hydrogen-bond donors (Lipinski definition) is 0. The molecule has 0 N–H and O–H groups in total. The van der Waals surface area contributed by atoms with Crippen molar-refractivity contribution in [3.63, 3.8) is 0 Å². The van der Waals surface area contributed by atoms with Gasteiger partial charge in [-0.3, -0.25) is 4.40 Å². The van der Waals surface area contributed by atoms with Gasteiger partial charge in [0.1, 0.15) is 11.5 Å². The molecule has 4 aromatic rings. The third-order valence-electron chi connectivity index (χ3n) is 3.33. The molecular weight excluding hydrogens is 227 g/mol. The van der Waals surface area contributed by atoms with E-state index in [1.807, 2.05) is 40.9 Å². The highest BCUT2D eigenvalue weighted by Crippen LogP contribution is 2.30. The molecule has 18 heavy (non-hydrogen) atoms. The second kappa shape index (κ2) is 3.29. The Labute approximate surface area is 102 Å². The van der Waals surface area contributed by atoms with Crippen LogP contribution in [0, 0.1) is 5.82 Å². The van der Waals surface area contributed by atoms with E-state index in [0.29, 0.717) is 11.0 Å². The summed E-state index contributed by atoms with van der Waals surface area (Å²) in [5.74, 6) is -0.227. The molecule has 0 radical (unpaired) electrons. The number of nitrogens with zero attached hydrogens (tertiary/aromatic N) is 2. The molecule has 0 bridgehead atoms. The first-order chi connectivity index (χ1) is 8.86. The lowest BCUT2D eigenvalue weighted by atomic mass is 10.1. The topological polar surface area (TPSA) is 17.3 Å². The van der Waals surface area contributed by atoms with Gasteiger partial charge in [-0.15, -0.1) is 0 Å². The summed E-state index contributed by atoms with van der Waals surface area (Å²) < 4.78 is 16.0. The largest absolute Gasteiger partial charge is 0.299 e. The number of para-hydroxylation sites is 1. The maximum Gasteiger partial charge on any atom is 0.148 e. The van der Waals surface area contributed by atoms with Gasteiger partial charge in [0.25, 0.3) is 0 Å². The van der Waals surface area contributed by atoms with Crippen LogP contribution in [0.25, 0.3) is 27.3 Å². The zero-order valence-corrected chi connectivity index (χ0v) is 9.47. The normalized spacial score (nSPS) is 11.6. The Balaban J connectivity index is 2.49. The summed E-state index contributed by atoms with van der Waals surface area (Å²) in [7, 11) is 0. The van der Waals surface area contributed by atoms with Crippen LogP contribution in [0.5, 0.6) is 0 Å². The number of halogens is 1. The van der Waals surface area contributed by atoms with Crippen LogP contribution < -0.4 is 0 Å². The molecule has 3 heteroatoms. The zero-order valence-electron chi connectivity index (χ0n) is 9.47. The van der Waals surface area contributed by atoms with Gasteiger partial charge < -0.3 is 0 Å². The fraction of sp³-hybridized carbons (Fsp3) is 0. The van der Waals surface area contributed by atoms with Gasteiger partial charge in [0.2, 0.25) is 0 Å². The third kappa shape index (κ3) is 1.08. The number of rotatable bonds is 0. The molecule has 4 rings (SSSR count). The minimum Gasteiger partial charge on any atom is -0.299 e. The van der Waals surface area contributed by atoms with E-state index in [9.17, 15) is 4.39 Å². The van der Waals surface area contributed by atoms with Crippen LogP contribution in [-0.4, -0.2) is 9.38 Å². The lowest BCUT2D eigenvalue weighted by molar-refractivity contribution is 0.640. The molecule has 2 heterocycles. The number of benzene rings is 2. The van der Waals surface area contributed by atoms with Gasteiger partial charge in [-0.1, -0.05) is 30.3 Å². The average Bonchev–Trinajstić information content (AvgIpc) is 2.88. The molecule has 0 aliphatic rings. The van der Waals surface area contributed by atoms with Crippen molar-refractivity contribution in [3.05, 3.63) is 60.7 Å². The maximum atomic E-state index is 14.1. The van der Waals surface area contributed by atoms with E-state index in [4.69, 9.17) is 0 Å². The number of fused-ring (bicyclic) bond motifs is 6. The van der Waals surface area contributed by atoms with Crippen LogP contribution in [0.4, 0.5) is 4.39 Å². The SMILES string of the molecule is Fc1cccc2c3ccccc3n3ccnc3c12. The summed E-state index contributed by atoms with van der Waals surface area (Å²) in [6.07, 6.45) is 3.57. The molecule has 0 aliphatic heterocycles. The van der Waals surface area contributed by atoms with E-state index in [-0.39, 0.29) is 5.82 Å². The van der Waals surface area contributed by atoms with E-state index in [1.54, 1.807) is 12.3 Å². The molecular formula is C15H9FN2. The van der Waals surface area contributed by atoms with Crippen LogP contribution in [-0.2, 0) is 0 Å². The lowest BCUT2D eigenvalue weighted by Crippen LogP contribution is -1.92. The fourth-order valence-electron chi connectivity index (χ4n) is 2.57. The minimum absolute atomic E-state index is 0.227. The second-order valence-electron chi connectivity index (χ2n) is 4.30. The van der Waals surface area contributed by atoms with Gasteiger partial charge in [0.15, 0.2) is 0 Å². The molecule has 0 aliphatic carbocycles. The molecule has 0 fully saturated rings. The van der Waals surface area contributed by atoms with Crippen molar-refractivity contribution in [1.82, 2.24) is 9.38 Å². The summed E-state index contributed by atoms with van der Waals surface area (Å²) in [6.45, 7) is 0. The first kappa shape index (κ1) is 9.59. The first-order valence-corrected chi connectivity index (χ1v) is 5.78. The summed E-state index contributed by atoms with van der Waals surface area (Å²) in [4.78, 5) is 4.28. The number of hydrogen-bond acceptors (Lipinski definition) is 1. The first-order valence-electron chi connectivity index (χ1n) is 5.78. The Hall–Kier alpha value is -2.42. The van der Waals surface area contributed by atoms with Crippen molar-refractivity contribution in [1.29, 1.82) is 0 Å². The van der Waals surface area contributed by atoms with Crippen molar-refractivity contribution in [2.45, 2.75) is 0 Å². The standard InChI is InChI=1S/C15H9FN2/c16-12-6-3-5-11-10-4-1-2-7-13(10)18-9-8-17-15(18)14(11)12/h1-9H. The molecule has 0 atom stereocenters. The lowest BCUT2D eigenvalue weighted by Gasteiger charge is -2.08. The van der Waals surface area contributed by atoms with Gasteiger partial charge in [-0.25, -0.2) is 9.37 Å². The van der Waals surface area contributed by atoms with Crippen LogP contribution in [0.3, 0.4) is 0 Å². The average molecular weight is 236 g/mol. The van der Waals surface area contributed by atoms with E-state index in [0.717, 1.165) is 16.3 Å². The molecule has 0 spiro atoms. The number of imidazole rings is 1. The van der Waals surface area contributed by atoms with Gasteiger partial charge in [-0.05, 0) is 17.5 Å². The Morgan fingerprint density at radius 1 is 0.944 bits per heavy atom. The smallest absolute Gasteiger partial charge is 0.148 e. The summed E-state index contributed by atoms with van der Waals surface area (Å²) in [6, 6.07) is 13.1. The fourth-order valence-corrected chi connectivity index (χ4v) is 2.57. The highest BCUT2D eigenvalue weighted by atomic mass is 19.1. The molecule has 0 amide bonds. The molecule has 86 valence electrons. The van der Waals surface area contributed by atoms with Gasteiger partial charge in [0, 0.05) is 17.8 Å². The second-order valence-corrected chi connectivity index (χ2v) is 4.30. The highest BCUT2D eigenvalue weighted by molar-refractivity contribution is 6.11. The number of pyridine rings is 1. The minimum atomic E-state index is -0.227. The van der Waals surface area contributed by atoms with E-state index in [1.165, 1.54) is 6.07 Å². The van der Waals surface area contributed by atoms with Crippen molar-refractivity contribution in [2.75, 3.05) is 0 Å². The summed E-state index contributed by atoms with van der Waals surface area (Å²) in [5.41, 5.74) is 1.71. The van der Waals surface area contributed by atoms with Crippen molar-refractivity contribution >= 4 is 27.3 Å². The predicted molar refractivity (Wildman–Crippen MR) is 70.2 cm³/mol. The summed E-state index contributed by atoms with van der Waals surface area (Å²) >= 11 is 0. The summed E-state index contributed by atoms with van der Waals surface area (Å²) in [5, 5.41) is 2.53. The van der Waals surface area contributed by atoms with Crippen molar-refractivity contribution in [2.24, 2.45) is 0 Å². The maximum absolute atomic E-state index is 14.1. The zero-order chi connectivity index (χ0) is 12.1. The quantitative estimate of drug-likeness (QED) is 0.425. The van der Waals surface area contributed by atoms with Crippen molar-refractivity contribution in [3.8, 4) is 0 Å². The van der Waals surface area contributed by atoms with E-state index < -0.39 is 0 Å². The van der Waals surface area contributed by atoms with E-state index in [2.05, 4.69) is 4.98 Å². The Morgan fingerprint density at radius 2 is 1.78 bits per heavy atom. The third-order valence-corrected chi connectivity index (χ3v) is 3.33. The Morgan fingerprint density at radius 3 is 2.72 bits per heavy atom. The molecule has 0 unspecified atom stereocenters. The molecule has 2 nitrogen and oxygen atoms in total. The Kier molecular flexibility index (Phi) is 1.75. The Bertz CT molecular complexity index is 893. The molecule has 2 aromatic heterocycles. The number of aromatic nitrogens is 2. The monoisotopic (exact) mass is 236 g/mol. The van der Waals surface area contributed by atoms with Crippen LogP contribution in [0.15, 0.2) is 54.9 Å². The highest BCUT2D eigenvalue weighted by Gasteiger charge is 2.11. The van der Waals surface area contributed by atoms with Crippen LogP contribution >= 0.6 is 0 Å². The molecule has 0 saturated heterocycles. The van der Waals surface area contributed by atoms with Crippen LogP contribution in [0.1, 0.15) is 0 Å². The van der Waals surface area contributed by atoms with E-state index >= 15 is 0 Å². The predicted octanol–water partition coefficient (Wildman–Crippen LogP) is 3.78. The van der Waals surface area contributed by atoms with Gasteiger partial charge in [-0.2, -0.15) is 0 Å². The van der Waals surface area contributed by atoms with Gasteiger partial charge in [0.05, 0.1) is 10.9 Å². The van der Waals surface area contributed by atoms with Crippen molar-refractivity contribution < 1.29 is 4.39 Å². The molecule has 0 saturated carbocycles. The van der Waals surface area contributed by atoms with Crippen LogP contribution in [0.2, 0.25) is 0 Å². The van der Waals surface area contributed by atoms with Gasteiger partial charge >= 0.3 is 0 Å².